The van der Waals surface area contributed by atoms with Crippen molar-refractivity contribution in [3.8, 4) is 0 Å². The van der Waals surface area contributed by atoms with E-state index in [2.05, 4.69) is 10.3 Å². The molecule has 1 aromatic heterocycles. The molecule has 1 aromatic carbocycles. The van der Waals surface area contributed by atoms with Gasteiger partial charge in [0, 0.05) is 6.20 Å². The molecular weight excluding hydrogens is 191 g/mol. The Labute approximate surface area is 87.8 Å². The van der Waals surface area contributed by atoms with Crippen LogP contribution in [0.15, 0.2) is 48.7 Å². The smallest absolute Gasteiger partial charge is 0.146 e. The number of halogens is 1. The van der Waals surface area contributed by atoms with E-state index in [1.807, 2.05) is 18.2 Å². The average Bonchev–Trinajstić information content (AvgIpc) is 2.29. The van der Waals surface area contributed by atoms with Gasteiger partial charge in [-0.15, -0.1) is 0 Å². The minimum absolute atomic E-state index is 0.242. The molecule has 0 radical (unpaired) electrons. The summed E-state index contributed by atoms with van der Waals surface area (Å²) in [5.41, 5.74) is 1.39. The number of pyridine rings is 1. The van der Waals surface area contributed by atoms with Crippen LogP contribution in [-0.2, 0) is 6.54 Å². The molecule has 0 unspecified atom stereocenters. The molecule has 1 heterocycles. The Balaban J connectivity index is 2.03. The summed E-state index contributed by atoms with van der Waals surface area (Å²) in [4.78, 5) is 4.14. The molecule has 0 spiro atoms. The third kappa shape index (κ3) is 2.53. The number of nitrogens with zero attached hydrogens (tertiary/aromatic N) is 1. The summed E-state index contributed by atoms with van der Waals surface area (Å²) in [5, 5.41) is 2.99. The summed E-state index contributed by atoms with van der Waals surface area (Å²) >= 11 is 0. The molecule has 0 saturated heterocycles. The van der Waals surface area contributed by atoms with Crippen LogP contribution in [0.25, 0.3) is 0 Å². The summed E-state index contributed by atoms with van der Waals surface area (Å²) < 4.78 is 13.2. The van der Waals surface area contributed by atoms with Gasteiger partial charge >= 0.3 is 0 Å². The number of hydrogen-bond donors (Lipinski definition) is 1. The van der Waals surface area contributed by atoms with E-state index in [-0.39, 0.29) is 5.82 Å². The maximum atomic E-state index is 13.2. The van der Waals surface area contributed by atoms with E-state index < -0.39 is 0 Å². The Hall–Kier alpha value is -1.90. The van der Waals surface area contributed by atoms with E-state index in [1.54, 1.807) is 24.4 Å². The number of para-hydroxylation sites is 1. The zero-order valence-electron chi connectivity index (χ0n) is 8.15. The first-order valence-electron chi connectivity index (χ1n) is 4.74. The minimum Gasteiger partial charge on any atom is -0.377 e. The first kappa shape index (κ1) is 9.65. The van der Waals surface area contributed by atoms with E-state index in [1.165, 1.54) is 6.07 Å². The van der Waals surface area contributed by atoms with Crippen molar-refractivity contribution in [1.29, 1.82) is 0 Å². The van der Waals surface area contributed by atoms with Crippen LogP contribution in [0.2, 0.25) is 0 Å². The number of nitrogens with one attached hydrogen (secondary N) is 1. The molecule has 1 N–H and O–H groups in total. The van der Waals surface area contributed by atoms with Gasteiger partial charge in [-0.3, -0.25) is 4.98 Å². The molecular formula is C12H11FN2. The fourth-order valence-electron chi connectivity index (χ4n) is 1.29. The largest absolute Gasteiger partial charge is 0.377 e. The monoisotopic (exact) mass is 202 g/mol. The molecule has 0 fully saturated rings. The third-order valence-electron chi connectivity index (χ3n) is 2.06. The molecule has 0 amide bonds. The highest BCUT2D eigenvalue weighted by Gasteiger charge is 1.99. The summed E-state index contributed by atoms with van der Waals surface area (Å²) in [5.74, 6) is -0.242. The number of benzene rings is 1. The topological polar surface area (TPSA) is 24.9 Å². The van der Waals surface area contributed by atoms with Gasteiger partial charge in [0.2, 0.25) is 0 Å². The lowest BCUT2D eigenvalue weighted by atomic mass is 10.3. The fraction of sp³-hybridized carbons (Fsp3) is 0.0833. The Morgan fingerprint density at radius 2 is 1.87 bits per heavy atom. The van der Waals surface area contributed by atoms with Gasteiger partial charge in [-0.25, -0.2) is 4.39 Å². The van der Waals surface area contributed by atoms with E-state index in [4.69, 9.17) is 0 Å². The van der Waals surface area contributed by atoms with Gasteiger partial charge in [0.1, 0.15) is 5.82 Å². The van der Waals surface area contributed by atoms with Gasteiger partial charge < -0.3 is 5.32 Å². The fourth-order valence-corrected chi connectivity index (χ4v) is 1.29. The van der Waals surface area contributed by atoms with Crippen LogP contribution in [0.1, 0.15) is 5.69 Å². The standard InChI is InChI=1S/C12H11FN2/c13-11-6-1-2-7-12(11)15-9-10-5-3-4-8-14-10/h1-8,15H,9H2. The lowest BCUT2D eigenvalue weighted by molar-refractivity contribution is 0.630. The van der Waals surface area contributed by atoms with Crippen molar-refractivity contribution in [2.75, 3.05) is 5.32 Å². The zero-order chi connectivity index (χ0) is 10.5. The van der Waals surface area contributed by atoms with Crippen LogP contribution in [0.3, 0.4) is 0 Å². The molecule has 2 aromatic rings. The molecule has 15 heavy (non-hydrogen) atoms. The summed E-state index contributed by atoms with van der Waals surface area (Å²) in [6, 6.07) is 12.3. The Kier molecular flexibility index (Phi) is 2.93. The van der Waals surface area contributed by atoms with Crippen molar-refractivity contribution in [1.82, 2.24) is 4.98 Å². The lowest BCUT2D eigenvalue weighted by Gasteiger charge is -2.06. The van der Waals surface area contributed by atoms with Crippen molar-refractivity contribution >= 4 is 5.69 Å². The van der Waals surface area contributed by atoms with Gasteiger partial charge in [-0.05, 0) is 24.3 Å². The lowest BCUT2D eigenvalue weighted by Crippen LogP contribution is -2.02. The molecule has 0 aliphatic carbocycles. The molecule has 0 saturated carbocycles. The summed E-state index contributed by atoms with van der Waals surface area (Å²) in [6.45, 7) is 0.530. The molecule has 2 nitrogen and oxygen atoms in total. The number of anilines is 1. The van der Waals surface area contributed by atoms with E-state index >= 15 is 0 Å². The van der Waals surface area contributed by atoms with Crippen molar-refractivity contribution in [3.05, 3.63) is 60.2 Å². The van der Waals surface area contributed by atoms with Crippen LogP contribution in [0.4, 0.5) is 10.1 Å². The van der Waals surface area contributed by atoms with Crippen molar-refractivity contribution in [2.24, 2.45) is 0 Å². The highest BCUT2D eigenvalue weighted by molar-refractivity contribution is 5.44. The second kappa shape index (κ2) is 4.55. The van der Waals surface area contributed by atoms with Crippen molar-refractivity contribution in [3.63, 3.8) is 0 Å². The van der Waals surface area contributed by atoms with Crippen LogP contribution in [-0.4, -0.2) is 4.98 Å². The van der Waals surface area contributed by atoms with Gasteiger partial charge in [0.25, 0.3) is 0 Å². The van der Waals surface area contributed by atoms with E-state index in [9.17, 15) is 4.39 Å². The second-order valence-electron chi connectivity index (χ2n) is 3.15. The summed E-state index contributed by atoms with van der Waals surface area (Å²) in [6.07, 6.45) is 1.72. The second-order valence-corrected chi connectivity index (χ2v) is 3.15. The van der Waals surface area contributed by atoms with Crippen LogP contribution >= 0.6 is 0 Å². The molecule has 0 aliphatic heterocycles. The van der Waals surface area contributed by atoms with Gasteiger partial charge in [-0.1, -0.05) is 18.2 Å². The van der Waals surface area contributed by atoms with Gasteiger partial charge in [0.05, 0.1) is 17.9 Å². The number of rotatable bonds is 3. The maximum Gasteiger partial charge on any atom is 0.146 e. The van der Waals surface area contributed by atoms with E-state index in [0.717, 1.165) is 5.69 Å². The quantitative estimate of drug-likeness (QED) is 0.827. The molecule has 3 heteroatoms. The molecule has 76 valence electrons. The SMILES string of the molecule is Fc1ccccc1NCc1ccccn1. The van der Waals surface area contributed by atoms with Crippen LogP contribution in [0.5, 0.6) is 0 Å². The van der Waals surface area contributed by atoms with Crippen LogP contribution in [0, 0.1) is 5.82 Å². The molecule has 0 atom stereocenters. The molecule has 0 aliphatic rings. The van der Waals surface area contributed by atoms with Gasteiger partial charge in [0.15, 0.2) is 0 Å². The Morgan fingerprint density at radius 1 is 1.07 bits per heavy atom. The van der Waals surface area contributed by atoms with Gasteiger partial charge in [-0.2, -0.15) is 0 Å². The molecule has 0 bridgehead atoms. The first-order chi connectivity index (χ1) is 7.36. The minimum atomic E-state index is -0.242. The highest BCUT2D eigenvalue weighted by atomic mass is 19.1. The van der Waals surface area contributed by atoms with E-state index in [0.29, 0.717) is 12.2 Å². The number of hydrogen-bond acceptors (Lipinski definition) is 2. The number of aromatic nitrogens is 1. The third-order valence-corrected chi connectivity index (χ3v) is 2.06. The molecule has 2 rings (SSSR count). The zero-order valence-corrected chi connectivity index (χ0v) is 8.15. The average molecular weight is 202 g/mol. The maximum absolute atomic E-state index is 13.2. The summed E-state index contributed by atoms with van der Waals surface area (Å²) in [7, 11) is 0. The van der Waals surface area contributed by atoms with Crippen LogP contribution < -0.4 is 5.32 Å². The predicted molar refractivity (Wildman–Crippen MR) is 58.0 cm³/mol. The first-order valence-corrected chi connectivity index (χ1v) is 4.74. The Bertz CT molecular complexity index is 429. The Morgan fingerprint density at radius 3 is 2.60 bits per heavy atom. The normalized spacial score (nSPS) is 9.93. The highest BCUT2D eigenvalue weighted by Crippen LogP contribution is 2.12. The predicted octanol–water partition coefficient (Wildman–Crippen LogP) is 2.83. The van der Waals surface area contributed by atoms with Crippen molar-refractivity contribution < 1.29 is 4.39 Å². The van der Waals surface area contributed by atoms with Crippen molar-refractivity contribution in [2.45, 2.75) is 6.54 Å².